The highest BCUT2D eigenvalue weighted by Gasteiger charge is 2.21. The number of carbonyl (C=O) groups is 1. The summed E-state index contributed by atoms with van der Waals surface area (Å²) in [6.07, 6.45) is 2.52. The van der Waals surface area contributed by atoms with Crippen LogP contribution in [-0.4, -0.2) is 25.6 Å². The van der Waals surface area contributed by atoms with Gasteiger partial charge in [0, 0.05) is 19.7 Å². The number of amides is 1. The van der Waals surface area contributed by atoms with Crippen molar-refractivity contribution in [3.63, 3.8) is 0 Å². The van der Waals surface area contributed by atoms with Crippen LogP contribution >= 0.6 is 0 Å². The van der Waals surface area contributed by atoms with E-state index in [1.54, 1.807) is 0 Å². The minimum absolute atomic E-state index is 0.0826. The quantitative estimate of drug-likeness (QED) is 0.723. The number of benzene rings is 1. The van der Waals surface area contributed by atoms with Crippen molar-refractivity contribution in [2.45, 2.75) is 32.9 Å². The summed E-state index contributed by atoms with van der Waals surface area (Å²) in [5.74, 6) is 0.810. The Balaban J connectivity index is 1.70. The molecule has 2 rings (SSSR count). The molecule has 2 N–H and O–H groups in total. The molecule has 20 heavy (non-hydrogen) atoms. The number of ether oxygens (including phenoxy) is 1. The first kappa shape index (κ1) is 15.0. The molecule has 0 heterocycles. The van der Waals surface area contributed by atoms with Crippen LogP contribution in [0.2, 0.25) is 0 Å². The molecule has 1 aromatic rings. The number of carbonyl (C=O) groups excluding carboxylic acids is 1. The number of hydrogen-bond donors (Lipinski definition) is 2. The summed E-state index contributed by atoms with van der Waals surface area (Å²) in [6, 6.07) is 8.17. The van der Waals surface area contributed by atoms with Gasteiger partial charge in [-0.2, -0.15) is 0 Å². The van der Waals surface area contributed by atoms with E-state index in [1.165, 1.54) is 24.0 Å². The van der Waals surface area contributed by atoms with E-state index in [1.807, 2.05) is 19.1 Å². The Labute approximate surface area is 120 Å². The molecule has 1 aromatic carbocycles. The summed E-state index contributed by atoms with van der Waals surface area (Å²) in [4.78, 5) is 11.6. The minimum atomic E-state index is 0.0826. The van der Waals surface area contributed by atoms with Crippen LogP contribution < -0.4 is 10.6 Å². The van der Waals surface area contributed by atoms with Crippen molar-refractivity contribution in [2.24, 2.45) is 5.92 Å². The summed E-state index contributed by atoms with van der Waals surface area (Å²) in [7, 11) is 0. The molecule has 1 aliphatic rings. The Morgan fingerprint density at radius 3 is 2.75 bits per heavy atom. The van der Waals surface area contributed by atoms with Gasteiger partial charge in [0.2, 0.25) is 5.91 Å². The van der Waals surface area contributed by atoms with Crippen molar-refractivity contribution in [3.8, 4) is 0 Å². The molecule has 1 saturated carbocycles. The second kappa shape index (κ2) is 8.02. The largest absolute Gasteiger partial charge is 0.377 e. The fourth-order valence-corrected chi connectivity index (χ4v) is 2.04. The molecule has 0 unspecified atom stereocenters. The summed E-state index contributed by atoms with van der Waals surface area (Å²) in [5.41, 5.74) is 2.37. The lowest BCUT2D eigenvalue weighted by molar-refractivity contribution is -0.120. The zero-order valence-electron chi connectivity index (χ0n) is 12.2. The average Bonchev–Trinajstić information content (AvgIpc) is 3.28. The summed E-state index contributed by atoms with van der Waals surface area (Å²) >= 11 is 0. The van der Waals surface area contributed by atoms with Crippen LogP contribution in [0.4, 0.5) is 0 Å². The summed E-state index contributed by atoms with van der Waals surface area (Å²) in [5, 5.41) is 6.15. The van der Waals surface area contributed by atoms with Crippen LogP contribution in [0.1, 0.15) is 30.9 Å². The number of rotatable bonds is 9. The first-order valence-corrected chi connectivity index (χ1v) is 7.41. The maximum absolute atomic E-state index is 11.6. The Morgan fingerprint density at radius 2 is 2.05 bits per heavy atom. The van der Waals surface area contributed by atoms with E-state index in [0.717, 1.165) is 12.5 Å². The Hall–Kier alpha value is -1.39. The molecule has 1 amide bonds. The van der Waals surface area contributed by atoms with Crippen molar-refractivity contribution in [3.05, 3.63) is 35.4 Å². The molecule has 0 atom stereocenters. The van der Waals surface area contributed by atoms with E-state index < -0.39 is 0 Å². The molecule has 1 aliphatic carbocycles. The van der Waals surface area contributed by atoms with Crippen molar-refractivity contribution in [1.29, 1.82) is 0 Å². The zero-order chi connectivity index (χ0) is 14.2. The van der Waals surface area contributed by atoms with E-state index >= 15 is 0 Å². The second-order valence-corrected chi connectivity index (χ2v) is 5.26. The zero-order valence-corrected chi connectivity index (χ0v) is 12.2. The van der Waals surface area contributed by atoms with Crippen molar-refractivity contribution in [2.75, 3.05) is 19.7 Å². The predicted molar refractivity (Wildman–Crippen MR) is 79.2 cm³/mol. The van der Waals surface area contributed by atoms with Gasteiger partial charge < -0.3 is 15.4 Å². The molecule has 0 radical (unpaired) electrons. The molecule has 0 saturated heterocycles. The molecule has 0 spiro atoms. The monoisotopic (exact) mass is 276 g/mol. The molecule has 110 valence electrons. The van der Waals surface area contributed by atoms with Gasteiger partial charge in [-0.1, -0.05) is 24.3 Å². The van der Waals surface area contributed by atoms with Crippen LogP contribution in [0.25, 0.3) is 0 Å². The molecule has 1 fully saturated rings. The molecule has 0 aliphatic heterocycles. The first-order valence-electron chi connectivity index (χ1n) is 7.41. The summed E-state index contributed by atoms with van der Waals surface area (Å²) < 4.78 is 5.45. The normalized spacial score (nSPS) is 14.2. The third-order valence-electron chi connectivity index (χ3n) is 3.47. The van der Waals surface area contributed by atoms with Crippen molar-refractivity contribution in [1.82, 2.24) is 10.6 Å². The van der Waals surface area contributed by atoms with Gasteiger partial charge >= 0.3 is 0 Å². The standard InChI is InChI=1S/C16H24N2O2/c1-2-20-12-15-6-4-3-5-14(15)10-17-11-16(19)18-9-13-7-8-13/h3-6,13,17H,2,7-12H2,1H3,(H,18,19). The first-order chi connectivity index (χ1) is 9.79. The van der Waals surface area contributed by atoms with Gasteiger partial charge in [0.25, 0.3) is 0 Å². The maximum Gasteiger partial charge on any atom is 0.233 e. The molecule has 4 heteroatoms. The lowest BCUT2D eigenvalue weighted by Gasteiger charge is -2.10. The Kier molecular flexibility index (Phi) is 6.02. The predicted octanol–water partition coefficient (Wildman–Crippen LogP) is 1.84. The van der Waals surface area contributed by atoms with Gasteiger partial charge in [-0.3, -0.25) is 4.79 Å². The van der Waals surface area contributed by atoms with E-state index in [9.17, 15) is 4.79 Å². The van der Waals surface area contributed by atoms with Crippen molar-refractivity contribution >= 4 is 5.91 Å². The molecular formula is C16H24N2O2. The molecule has 4 nitrogen and oxygen atoms in total. The van der Waals surface area contributed by atoms with Crippen LogP contribution in [0, 0.1) is 5.92 Å². The Bertz CT molecular complexity index is 430. The van der Waals surface area contributed by atoms with Gasteiger partial charge in [-0.25, -0.2) is 0 Å². The smallest absolute Gasteiger partial charge is 0.233 e. The van der Waals surface area contributed by atoms with Crippen molar-refractivity contribution < 1.29 is 9.53 Å². The average molecular weight is 276 g/mol. The van der Waals surface area contributed by atoms with Gasteiger partial charge in [0.15, 0.2) is 0 Å². The molecular weight excluding hydrogens is 252 g/mol. The van der Waals surface area contributed by atoms with Crippen LogP contribution in [0.15, 0.2) is 24.3 Å². The van der Waals surface area contributed by atoms with E-state index in [2.05, 4.69) is 22.8 Å². The van der Waals surface area contributed by atoms with E-state index in [4.69, 9.17) is 4.74 Å². The minimum Gasteiger partial charge on any atom is -0.377 e. The van der Waals surface area contributed by atoms with Gasteiger partial charge in [0.1, 0.15) is 0 Å². The van der Waals surface area contributed by atoms with E-state index in [0.29, 0.717) is 26.3 Å². The fraction of sp³-hybridized carbons (Fsp3) is 0.562. The van der Waals surface area contributed by atoms with E-state index in [-0.39, 0.29) is 5.91 Å². The highest BCUT2D eigenvalue weighted by Crippen LogP contribution is 2.27. The molecule has 0 bridgehead atoms. The lowest BCUT2D eigenvalue weighted by Crippen LogP contribution is -2.34. The van der Waals surface area contributed by atoms with Gasteiger partial charge in [-0.15, -0.1) is 0 Å². The highest BCUT2D eigenvalue weighted by molar-refractivity contribution is 5.78. The number of hydrogen-bond acceptors (Lipinski definition) is 3. The number of nitrogens with one attached hydrogen (secondary N) is 2. The highest BCUT2D eigenvalue weighted by atomic mass is 16.5. The maximum atomic E-state index is 11.6. The summed E-state index contributed by atoms with van der Waals surface area (Å²) in [6.45, 7) is 5.23. The SMILES string of the molecule is CCOCc1ccccc1CNCC(=O)NCC1CC1. The topological polar surface area (TPSA) is 50.4 Å². The van der Waals surface area contributed by atoms with Gasteiger partial charge in [0.05, 0.1) is 13.2 Å². The lowest BCUT2D eigenvalue weighted by atomic mass is 10.1. The Morgan fingerprint density at radius 1 is 1.30 bits per heavy atom. The third-order valence-corrected chi connectivity index (χ3v) is 3.47. The van der Waals surface area contributed by atoms with Crippen LogP contribution in [-0.2, 0) is 22.7 Å². The second-order valence-electron chi connectivity index (χ2n) is 5.26. The molecule has 0 aromatic heterocycles. The van der Waals surface area contributed by atoms with Crippen LogP contribution in [0.3, 0.4) is 0 Å². The fourth-order valence-electron chi connectivity index (χ4n) is 2.04. The van der Waals surface area contributed by atoms with Gasteiger partial charge in [-0.05, 0) is 36.8 Å². The third kappa shape index (κ3) is 5.31. The van der Waals surface area contributed by atoms with Crippen LogP contribution in [0.5, 0.6) is 0 Å².